The topological polar surface area (TPSA) is 61.1 Å². The van der Waals surface area contributed by atoms with Gasteiger partial charge in [0.2, 0.25) is 0 Å². The second-order valence-electron chi connectivity index (χ2n) is 2.51. The van der Waals surface area contributed by atoms with Crippen LogP contribution in [-0.4, -0.2) is 11.1 Å². The molecule has 0 atom stereocenters. The van der Waals surface area contributed by atoms with Crippen molar-refractivity contribution in [3.63, 3.8) is 0 Å². The van der Waals surface area contributed by atoms with Crippen LogP contribution in [0, 0.1) is 11.3 Å². The zero-order valence-electron chi connectivity index (χ0n) is 7.07. The first kappa shape index (κ1) is 10.3. The summed E-state index contributed by atoms with van der Waals surface area (Å²) in [5.74, 6) is -1.08. The molecule has 1 aromatic rings. The second kappa shape index (κ2) is 4.45. The fraction of sp³-hybridized carbons (Fsp3) is 0. The van der Waals surface area contributed by atoms with Crippen molar-refractivity contribution < 1.29 is 9.90 Å². The Morgan fingerprint density at radius 1 is 1.57 bits per heavy atom. The molecule has 0 heterocycles. The fourth-order valence-corrected chi connectivity index (χ4v) is 1.14. The first-order valence-electron chi connectivity index (χ1n) is 3.74. The summed E-state index contributed by atoms with van der Waals surface area (Å²) in [5, 5.41) is 17.2. The number of allylic oxidation sites excluding steroid dienone is 1. The third kappa shape index (κ3) is 2.35. The molecule has 1 aromatic carbocycles. The van der Waals surface area contributed by atoms with Gasteiger partial charge in [0, 0.05) is 6.08 Å². The van der Waals surface area contributed by atoms with Crippen LogP contribution < -0.4 is 0 Å². The molecule has 1 rings (SSSR count). The Labute approximate surface area is 85.9 Å². The minimum atomic E-state index is -1.08. The predicted octanol–water partition coefficient (Wildman–Crippen LogP) is 2.57. The normalized spacial score (nSPS) is 10.0. The Balaban J connectivity index is 3.14. The van der Waals surface area contributed by atoms with Gasteiger partial charge >= 0.3 is 5.97 Å². The Bertz CT molecular complexity index is 432. The number of hydrogen-bond donors (Lipinski definition) is 1. The molecule has 0 saturated carbocycles. The summed E-state index contributed by atoms with van der Waals surface area (Å²) >= 11 is 5.66. The third-order valence-corrected chi connectivity index (χ3v) is 1.90. The lowest BCUT2D eigenvalue weighted by Crippen LogP contribution is -1.97. The third-order valence-electron chi connectivity index (χ3n) is 1.57. The van der Waals surface area contributed by atoms with E-state index in [0.717, 1.165) is 0 Å². The lowest BCUT2D eigenvalue weighted by molar-refractivity contribution is 0.0697. The van der Waals surface area contributed by atoms with Gasteiger partial charge in [-0.15, -0.1) is 0 Å². The highest BCUT2D eigenvalue weighted by Gasteiger charge is 2.07. The molecule has 0 aliphatic rings. The molecule has 3 nitrogen and oxygen atoms in total. The van der Waals surface area contributed by atoms with Crippen molar-refractivity contribution in [1.82, 2.24) is 0 Å². The number of nitriles is 1. The molecule has 1 N–H and O–H groups in total. The molecule has 14 heavy (non-hydrogen) atoms. The van der Waals surface area contributed by atoms with E-state index in [9.17, 15) is 4.79 Å². The van der Waals surface area contributed by atoms with Gasteiger partial charge in [0.1, 0.15) is 0 Å². The molecule has 0 radical (unpaired) electrons. The number of benzene rings is 1. The largest absolute Gasteiger partial charge is 0.478 e. The second-order valence-corrected chi connectivity index (χ2v) is 2.91. The van der Waals surface area contributed by atoms with E-state index in [1.54, 1.807) is 6.07 Å². The van der Waals surface area contributed by atoms with Gasteiger partial charge in [0.15, 0.2) is 0 Å². The summed E-state index contributed by atoms with van der Waals surface area (Å²) in [6.07, 6.45) is 2.79. The van der Waals surface area contributed by atoms with E-state index >= 15 is 0 Å². The summed E-state index contributed by atoms with van der Waals surface area (Å²) in [4.78, 5) is 10.7. The van der Waals surface area contributed by atoms with Crippen molar-refractivity contribution in [2.24, 2.45) is 0 Å². The average Bonchev–Trinajstić information content (AvgIpc) is 2.16. The maximum Gasteiger partial charge on any atom is 0.337 e. The zero-order chi connectivity index (χ0) is 10.6. The molecule has 70 valence electrons. The van der Waals surface area contributed by atoms with Crippen molar-refractivity contribution in [2.75, 3.05) is 0 Å². The van der Waals surface area contributed by atoms with Crippen molar-refractivity contribution in [3.05, 3.63) is 40.4 Å². The van der Waals surface area contributed by atoms with E-state index in [0.29, 0.717) is 5.56 Å². The number of carboxylic acid groups (broad SMARTS) is 1. The van der Waals surface area contributed by atoms with E-state index in [1.807, 2.05) is 6.07 Å². The Kier molecular flexibility index (Phi) is 3.27. The molecule has 0 unspecified atom stereocenters. The molecular weight excluding hydrogens is 202 g/mol. The number of halogens is 1. The molecule has 0 aromatic heterocycles. The first-order chi connectivity index (χ1) is 6.65. The highest BCUT2D eigenvalue weighted by atomic mass is 35.5. The smallest absolute Gasteiger partial charge is 0.337 e. The summed E-state index contributed by atoms with van der Waals surface area (Å²) < 4.78 is 0. The number of nitrogens with zero attached hydrogens (tertiary/aromatic N) is 1. The summed E-state index contributed by atoms with van der Waals surface area (Å²) in [5.41, 5.74) is 0.667. The fourth-order valence-electron chi connectivity index (χ4n) is 0.944. The first-order valence-corrected chi connectivity index (χ1v) is 4.12. The summed E-state index contributed by atoms with van der Waals surface area (Å²) in [6.45, 7) is 0. The van der Waals surface area contributed by atoms with Crippen molar-refractivity contribution in [2.45, 2.75) is 0 Å². The molecular formula is C10H6ClNO2. The van der Waals surface area contributed by atoms with Crippen LogP contribution in [0.4, 0.5) is 0 Å². The van der Waals surface area contributed by atoms with Gasteiger partial charge in [-0.2, -0.15) is 5.26 Å². The molecule has 0 aliphatic carbocycles. The van der Waals surface area contributed by atoms with E-state index in [4.69, 9.17) is 22.0 Å². The Hall–Kier alpha value is -1.79. The predicted molar refractivity (Wildman–Crippen MR) is 53.1 cm³/mol. The Morgan fingerprint density at radius 2 is 2.29 bits per heavy atom. The van der Waals surface area contributed by atoms with E-state index in [-0.39, 0.29) is 10.6 Å². The number of aromatic carboxylic acids is 1. The van der Waals surface area contributed by atoms with Crippen molar-refractivity contribution >= 4 is 23.6 Å². The number of carbonyl (C=O) groups is 1. The van der Waals surface area contributed by atoms with Crippen molar-refractivity contribution in [3.8, 4) is 6.07 Å². The van der Waals surface area contributed by atoms with Gasteiger partial charge < -0.3 is 5.11 Å². The Morgan fingerprint density at radius 3 is 2.86 bits per heavy atom. The van der Waals surface area contributed by atoms with E-state index in [1.165, 1.54) is 24.3 Å². The van der Waals surface area contributed by atoms with Crippen LogP contribution >= 0.6 is 11.6 Å². The highest BCUT2D eigenvalue weighted by molar-refractivity contribution is 6.33. The SMILES string of the molecule is N#CC=Cc1ccc(Cl)c(C(=O)O)c1. The van der Waals surface area contributed by atoms with Gasteiger partial charge in [-0.05, 0) is 23.8 Å². The molecule has 0 bridgehead atoms. The molecule has 4 heteroatoms. The number of rotatable bonds is 2. The molecule has 0 amide bonds. The quantitative estimate of drug-likeness (QED) is 0.759. The van der Waals surface area contributed by atoms with Gasteiger partial charge in [-0.25, -0.2) is 4.79 Å². The lowest BCUT2D eigenvalue weighted by atomic mass is 10.1. The highest BCUT2D eigenvalue weighted by Crippen LogP contribution is 2.18. The van der Waals surface area contributed by atoms with Crippen LogP contribution in [0.2, 0.25) is 5.02 Å². The number of hydrogen-bond acceptors (Lipinski definition) is 2. The standard InChI is InChI=1S/C10H6ClNO2/c11-9-4-3-7(2-1-5-12)6-8(9)10(13)14/h1-4,6H,(H,13,14). The minimum Gasteiger partial charge on any atom is -0.478 e. The van der Waals surface area contributed by atoms with Gasteiger partial charge in [-0.1, -0.05) is 17.7 Å². The molecule has 0 fully saturated rings. The van der Waals surface area contributed by atoms with E-state index in [2.05, 4.69) is 0 Å². The van der Waals surface area contributed by atoms with Crippen molar-refractivity contribution in [1.29, 1.82) is 5.26 Å². The van der Waals surface area contributed by atoms with Crippen LogP contribution in [-0.2, 0) is 0 Å². The zero-order valence-corrected chi connectivity index (χ0v) is 7.82. The molecule has 0 saturated heterocycles. The van der Waals surface area contributed by atoms with E-state index < -0.39 is 5.97 Å². The molecule has 0 spiro atoms. The summed E-state index contributed by atoms with van der Waals surface area (Å²) in [7, 11) is 0. The number of carboxylic acids is 1. The van der Waals surface area contributed by atoms with Gasteiger partial charge in [0.25, 0.3) is 0 Å². The van der Waals surface area contributed by atoms with Crippen LogP contribution in [0.15, 0.2) is 24.3 Å². The minimum absolute atomic E-state index is 0.0340. The van der Waals surface area contributed by atoms with Crippen LogP contribution in [0.25, 0.3) is 6.08 Å². The monoisotopic (exact) mass is 207 g/mol. The van der Waals surface area contributed by atoms with Gasteiger partial charge in [0.05, 0.1) is 16.7 Å². The molecule has 0 aliphatic heterocycles. The lowest BCUT2D eigenvalue weighted by Gasteiger charge is -1.99. The van der Waals surface area contributed by atoms with Gasteiger partial charge in [-0.3, -0.25) is 0 Å². The van der Waals surface area contributed by atoms with Crippen LogP contribution in [0.5, 0.6) is 0 Å². The maximum absolute atomic E-state index is 10.7. The van der Waals surface area contributed by atoms with Crippen LogP contribution in [0.3, 0.4) is 0 Å². The average molecular weight is 208 g/mol. The summed E-state index contributed by atoms with van der Waals surface area (Å²) in [6, 6.07) is 6.36. The maximum atomic E-state index is 10.7. The van der Waals surface area contributed by atoms with Crippen LogP contribution in [0.1, 0.15) is 15.9 Å².